The number of hydrazone groups is 1. The van der Waals surface area contributed by atoms with Crippen LogP contribution in [0.15, 0.2) is 5.10 Å². The maximum Gasteiger partial charge on any atom is 0.240 e. The second-order valence-corrected chi connectivity index (χ2v) is 5.57. The number of hydrogen-bond acceptors (Lipinski definition) is 2. The van der Waals surface area contributed by atoms with Crippen LogP contribution in [0.2, 0.25) is 0 Å². The number of unbranched alkanes of at least 4 members (excludes halogenated alkanes) is 10. The fourth-order valence-electron chi connectivity index (χ4n) is 2.13. The van der Waals surface area contributed by atoms with Gasteiger partial charge in [-0.2, -0.15) is 5.10 Å². The van der Waals surface area contributed by atoms with E-state index in [4.69, 9.17) is 0 Å². The van der Waals surface area contributed by atoms with E-state index in [1.165, 1.54) is 57.8 Å². The predicted octanol–water partition coefficient (Wildman–Crippen LogP) is 5.20. The Kier molecular flexibility index (Phi) is 15.5. The van der Waals surface area contributed by atoms with Crippen molar-refractivity contribution >= 4 is 12.1 Å². The van der Waals surface area contributed by atoms with Crippen LogP contribution in [0.1, 0.15) is 97.3 Å². The minimum Gasteiger partial charge on any atom is -0.273 e. The van der Waals surface area contributed by atoms with Crippen molar-refractivity contribution in [2.24, 2.45) is 5.10 Å². The van der Waals surface area contributed by atoms with Gasteiger partial charge in [0.05, 0.1) is 0 Å². The molecule has 0 spiro atoms. The van der Waals surface area contributed by atoms with E-state index in [0.717, 1.165) is 19.3 Å². The molecular formula is C17H34N2O. The van der Waals surface area contributed by atoms with Crippen LogP contribution in [-0.2, 0) is 4.79 Å². The minimum absolute atomic E-state index is 0.0562. The average Bonchev–Trinajstić information content (AvgIpc) is 2.45. The molecule has 118 valence electrons. The number of nitrogens with zero attached hydrogens (tertiary/aromatic N) is 1. The van der Waals surface area contributed by atoms with Crippen LogP contribution in [0.25, 0.3) is 0 Å². The van der Waals surface area contributed by atoms with Gasteiger partial charge in [-0.15, -0.1) is 0 Å². The summed E-state index contributed by atoms with van der Waals surface area (Å²) >= 11 is 0. The highest BCUT2D eigenvalue weighted by molar-refractivity contribution is 5.76. The summed E-state index contributed by atoms with van der Waals surface area (Å²) in [5.74, 6) is 0.0562. The zero-order chi connectivity index (χ0) is 14.9. The molecule has 0 aromatic rings. The van der Waals surface area contributed by atoms with Gasteiger partial charge in [0, 0.05) is 12.6 Å². The molecule has 3 nitrogen and oxygen atoms in total. The Morgan fingerprint density at radius 2 is 1.40 bits per heavy atom. The third-order valence-electron chi connectivity index (χ3n) is 3.47. The Morgan fingerprint density at radius 1 is 0.850 bits per heavy atom. The number of carbonyl (C=O) groups is 1. The van der Waals surface area contributed by atoms with Gasteiger partial charge >= 0.3 is 0 Å². The molecule has 0 radical (unpaired) electrons. The van der Waals surface area contributed by atoms with Crippen LogP contribution < -0.4 is 5.43 Å². The van der Waals surface area contributed by atoms with Crippen molar-refractivity contribution in [3.63, 3.8) is 0 Å². The Balaban J connectivity index is 3.21. The second-order valence-electron chi connectivity index (χ2n) is 5.57. The molecule has 1 amide bonds. The summed E-state index contributed by atoms with van der Waals surface area (Å²) in [5, 5.41) is 3.94. The molecule has 0 aliphatic rings. The summed E-state index contributed by atoms with van der Waals surface area (Å²) in [6.07, 6.45) is 17.2. The van der Waals surface area contributed by atoms with Crippen molar-refractivity contribution in [2.45, 2.75) is 97.3 Å². The molecule has 0 aromatic heterocycles. The van der Waals surface area contributed by atoms with Crippen LogP contribution in [-0.4, -0.2) is 12.1 Å². The zero-order valence-corrected chi connectivity index (χ0v) is 13.6. The molecule has 0 heterocycles. The van der Waals surface area contributed by atoms with Crippen LogP contribution >= 0.6 is 0 Å². The van der Waals surface area contributed by atoms with Gasteiger partial charge in [-0.05, 0) is 19.3 Å². The maximum absolute atomic E-state index is 11.5. The van der Waals surface area contributed by atoms with Crippen LogP contribution in [0.3, 0.4) is 0 Å². The van der Waals surface area contributed by atoms with E-state index in [2.05, 4.69) is 24.4 Å². The Hall–Kier alpha value is -0.860. The molecule has 0 saturated carbocycles. The number of hydrogen-bond donors (Lipinski definition) is 1. The second kappa shape index (κ2) is 16.2. The van der Waals surface area contributed by atoms with Crippen LogP contribution in [0.5, 0.6) is 0 Å². The minimum atomic E-state index is 0.0562. The summed E-state index contributed by atoms with van der Waals surface area (Å²) in [5.41, 5.74) is 2.60. The van der Waals surface area contributed by atoms with Gasteiger partial charge in [0.25, 0.3) is 0 Å². The van der Waals surface area contributed by atoms with Gasteiger partial charge in [-0.25, -0.2) is 5.43 Å². The molecule has 20 heavy (non-hydrogen) atoms. The summed E-state index contributed by atoms with van der Waals surface area (Å²) in [6, 6.07) is 0. The molecule has 0 saturated heterocycles. The Bertz CT molecular complexity index is 239. The van der Waals surface area contributed by atoms with E-state index in [9.17, 15) is 4.79 Å². The molecule has 0 atom stereocenters. The van der Waals surface area contributed by atoms with Crippen LogP contribution in [0.4, 0.5) is 0 Å². The Labute approximate surface area is 125 Å². The normalized spacial score (nSPS) is 11.1. The molecule has 0 unspecified atom stereocenters. The third kappa shape index (κ3) is 15.2. The standard InChI is InChI=1S/C17H34N2O/c1-3-5-7-8-9-10-11-12-13-15-17(20)19-18-16-14-6-4-2/h16H,3-15H2,1-2H3,(H,19,20)/b18-16-. The van der Waals surface area contributed by atoms with Crippen molar-refractivity contribution in [3.05, 3.63) is 0 Å². The fourth-order valence-corrected chi connectivity index (χ4v) is 2.13. The topological polar surface area (TPSA) is 41.5 Å². The first-order valence-corrected chi connectivity index (χ1v) is 8.61. The first kappa shape index (κ1) is 19.1. The summed E-state index contributed by atoms with van der Waals surface area (Å²) in [6.45, 7) is 4.40. The van der Waals surface area contributed by atoms with Gasteiger partial charge in [0.2, 0.25) is 5.91 Å². The number of nitrogens with one attached hydrogen (secondary N) is 1. The molecule has 0 fully saturated rings. The summed E-state index contributed by atoms with van der Waals surface area (Å²) < 4.78 is 0. The van der Waals surface area contributed by atoms with Crippen molar-refractivity contribution in [3.8, 4) is 0 Å². The quantitative estimate of drug-likeness (QED) is 0.265. The van der Waals surface area contributed by atoms with Crippen LogP contribution in [0, 0.1) is 0 Å². The lowest BCUT2D eigenvalue weighted by molar-refractivity contribution is -0.121. The van der Waals surface area contributed by atoms with Crippen molar-refractivity contribution in [1.29, 1.82) is 0 Å². The van der Waals surface area contributed by atoms with Gasteiger partial charge in [0.15, 0.2) is 0 Å². The molecule has 0 aliphatic carbocycles. The first-order valence-electron chi connectivity index (χ1n) is 8.61. The van der Waals surface area contributed by atoms with Gasteiger partial charge in [-0.1, -0.05) is 71.6 Å². The number of amides is 1. The van der Waals surface area contributed by atoms with E-state index in [-0.39, 0.29) is 5.91 Å². The lowest BCUT2D eigenvalue weighted by Crippen LogP contribution is -2.16. The molecule has 0 rings (SSSR count). The monoisotopic (exact) mass is 282 g/mol. The molecule has 0 bridgehead atoms. The zero-order valence-electron chi connectivity index (χ0n) is 13.6. The highest BCUT2D eigenvalue weighted by Gasteiger charge is 1.99. The van der Waals surface area contributed by atoms with Crippen molar-refractivity contribution in [1.82, 2.24) is 5.43 Å². The van der Waals surface area contributed by atoms with E-state index >= 15 is 0 Å². The molecule has 3 heteroatoms. The molecular weight excluding hydrogens is 248 g/mol. The van der Waals surface area contributed by atoms with Gasteiger partial charge < -0.3 is 0 Å². The first-order chi connectivity index (χ1) is 9.81. The van der Waals surface area contributed by atoms with E-state index in [1.807, 2.05) is 0 Å². The Morgan fingerprint density at radius 3 is 2.00 bits per heavy atom. The average molecular weight is 282 g/mol. The highest BCUT2D eigenvalue weighted by Crippen LogP contribution is 2.10. The van der Waals surface area contributed by atoms with E-state index < -0.39 is 0 Å². The lowest BCUT2D eigenvalue weighted by atomic mass is 10.1. The maximum atomic E-state index is 11.5. The smallest absolute Gasteiger partial charge is 0.240 e. The number of rotatable bonds is 14. The predicted molar refractivity (Wildman–Crippen MR) is 88.0 cm³/mol. The molecule has 0 aromatic carbocycles. The van der Waals surface area contributed by atoms with E-state index in [1.54, 1.807) is 6.21 Å². The van der Waals surface area contributed by atoms with Gasteiger partial charge in [-0.3, -0.25) is 4.79 Å². The summed E-state index contributed by atoms with van der Waals surface area (Å²) in [4.78, 5) is 11.5. The van der Waals surface area contributed by atoms with Gasteiger partial charge in [0.1, 0.15) is 0 Å². The third-order valence-corrected chi connectivity index (χ3v) is 3.47. The van der Waals surface area contributed by atoms with Crippen molar-refractivity contribution < 1.29 is 4.79 Å². The molecule has 0 aliphatic heterocycles. The molecule has 1 N–H and O–H groups in total. The fraction of sp³-hybridized carbons (Fsp3) is 0.882. The SMILES string of the molecule is CCCC/C=N\NC(=O)CCCCCCCCCCC. The highest BCUT2D eigenvalue weighted by atomic mass is 16.2. The largest absolute Gasteiger partial charge is 0.273 e. The van der Waals surface area contributed by atoms with Crippen molar-refractivity contribution in [2.75, 3.05) is 0 Å². The lowest BCUT2D eigenvalue weighted by Gasteiger charge is -2.02. The number of carbonyl (C=O) groups excluding carboxylic acids is 1. The van der Waals surface area contributed by atoms with E-state index in [0.29, 0.717) is 6.42 Å². The summed E-state index contributed by atoms with van der Waals surface area (Å²) in [7, 11) is 0.